The molecule has 0 fully saturated rings. The third-order valence-corrected chi connectivity index (χ3v) is 2.57. The third-order valence-electron chi connectivity index (χ3n) is 2.57. The predicted molar refractivity (Wildman–Crippen MR) is 68.1 cm³/mol. The van der Waals surface area contributed by atoms with Crippen LogP contribution in [0.2, 0.25) is 0 Å². The highest BCUT2D eigenvalue weighted by molar-refractivity contribution is 5.78. The van der Waals surface area contributed by atoms with Crippen LogP contribution in [0.4, 0.5) is 13.2 Å². The fourth-order valence-electron chi connectivity index (χ4n) is 1.90. The summed E-state index contributed by atoms with van der Waals surface area (Å²) in [5.74, 6) is -1.83. The maximum atomic E-state index is 12.5. The van der Waals surface area contributed by atoms with Gasteiger partial charge in [0.15, 0.2) is 0 Å². The second kappa shape index (κ2) is 6.95. The molecule has 0 radical (unpaired) electrons. The molecule has 0 saturated carbocycles. The number of carboxylic acids is 1. The van der Waals surface area contributed by atoms with Gasteiger partial charge in [0.1, 0.15) is 6.54 Å². The third kappa shape index (κ3) is 8.77. The fraction of sp³-hybridized carbons (Fsp3) is 0.846. The summed E-state index contributed by atoms with van der Waals surface area (Å²) in [5, 5.41) is 8.73. The molecule has 0 unspecified atom stereocenters. The van der Waals surface area contributed by atoms with Gasteiger partial charge in [-0.1, -0.05) is 27.7 Å². The van der Waals surface area contributed by atoms with Gasteiger partial charge in [-0.05, 0) is 11.3 Å². The summed E-state index contributed by atoms with van der Waals surface area (Å²) in [4.78, 5) is 23.4. The summed E-state index contributed by atoms with van der Waals surface area (Å²) in [6.07, 6.45) is -4.94. The molecule has 20 heavy (non-hydrogen) atoms. The van der Waals surface area contributed by atoms with Gasteiger partial charge in [-0.15, -0.1) is 0 Å². The van der Waals surface area contributed by atoms with Crippen LogP contribution in [0.5, 0.6) is 0 Å². The summed E-state index contributed by atoms with van der Waals surface area (Å²) in [5.41, 5.74) is -0.871. The van der Waals surface area contributed by atoms with E-state index in [2.05, 4.69) is 0 Å². The summed E-state index contributed by atoms with van der Waals surface area (Å²) in [6, 6.07) is 0. The Hall–Kier alpha value is -1.27. The molecular weight excluding hydrogens is 275 g/mol. The minimum Gasteiger partial charge on any atom is -0.481 e. The second-order valence-electron chi connectivity index (χ2n) is 6.19. The molecule has 0 heterocycles. The lowest BCUT2D eigenvalue weighted by Gasteiger charge is -2.30. The Kier molecular flexibility index (Phi) is 6.50. The molecule has 0 aliphatic rings. The van der Waals surface area contributed by atoms with Crippen LogP contribution in [0.1, 0.15) is 40.5 Å². The van der Waals surface area contributed by atoms with Crippen molar-refractivity contribution in [2.75, 3.05) is 13.1 Å². The van der Waals surface area contributed by atoms with Crippen LogP contribution in [-0.4, -0.2) is 41.1 Å². The van der Waals surface area contributed by atoms with Gasteiger partial charge in [-0.2, -0.15) is 13.2 Å². The first-order valence-electron chi connectivity index (χ1n) is 6.39. The highest BCUT2D eigenvalue weighted by Gasteiger charge is 2.35. The molecule has 0 aromatic rings. The number of carboxylic acid groups (broad SMARTS) is 1. The number of hydrogen-bond donors (Lipinski definition) is 1. The summed E-state index contributed by atoms with van der Waals surface area (Å²) < 4.78 is 37.4. The van der Waals surface area contributed by atoms with Crippen LogP contribution in [-0.2, 0) is 9.59 Å². The average Bonchev–Trinajstić information content (AvgIpc) is 2.09. The van der Waals surface area contributed by atoms with Crippen molar-refractivity contribution in [1.82, 2.24) is 4.90 Å². The number of hydrogen-bond acceptors (Lipinski definition) is 2. The van der Waals surface area contributed by atoms with Crippen LogP contribution >= 0.6 is 0 Å². The zero-order chi connectivity index (χ0) is 16.1. The lowest BCUT2D eigenvalue weighted by atomic mass is 9.85. The Labute approximate surface area is 116 Å². The van der Waals surface area contributed by atoms with Crippen LogP contribution in [0.3, 0.4) is 0 Å². The number of aliphatic carboxylic acids is 1. The molecule has 1 N–H and O–H groups in total. The quantitative estimate of drug-likeness (QED) is 0.786. The van der Waals surface area contributed by atoms with Crippen molar-refractivity contribution in [2.45, 2.75) is 46.7 Å². The molecule has 0 spiro atoms. The topological polar surface area (TPSA) is 57.6 Å². The first-order valence-corrected chi connectivity index (χ1v) is 6.39. The molecule has 0 bridgehead atoms. The van der Waals surface area contributed by atoms with Crippen LogP contribution < -0.4 is 0 Å². The smallest absolute Gasteiger partial charge is 0.406 e. The molecule has 0 aromatic heterocycles. The Bertz CT molecular complexity index is 351. The Morgan fingerprint density at radius 1 is 1.15 bits per heavy atom. The van der Waals surface area contributed by atoms with Gasteiger partial charge in [0.2, 0.25) is 5.91 Å². The number of carbonyl (C=O) groups is 2. The van der Waals surface area contributed by atoms with Gasteiger partial charge in [0, 0.05) is 13.0 Å². The van der Waals surface area contributed by atoms with Crippen LogP contribution in [0, 0.1) is 11.3 Å². The number of amides is 1. The standard InChI is InChI=1S/C13H22F3NO3/c1-9(2)7-17(8-13(14,15)16)10(18)5-12(3,4)6-11(19)20/h9H,5-8H2,1-4H3,(H,19,20). The Balaban J connectivity index is 4.82. The minimum atomic E-state index is -4.46. The fourth-order valence-corrected chi connectivity index (χ4v) is 1.90. The Morgan fingerprint density at radius 3 is 2.00 bits per heavy atom. The van der Waals surface area contributed by atoms with Crippen molar-refractivity contribution in [1.29, 1.82) is 0 Å². The number of alkyl halides is 3. The van der Waals surface area contributed by atoms with Crippen molar-refractivity contribution in [3.05, 3.63) is 0 Å². The molecule has 1 amide bonds. The lowest BCUT2D eigenvalue weighted by Crippen LogP contribution is -2.42. The van der Waals surface area contributed by atoms with Crippen molar-refractivity contribution in [3.63, 3.8) is 0 Å². The van der Waals surface area contributed by atoms with E-state index in [9.17, 15) is 22.8 Å². The molecule has 118 valence electrons. The predicted octanol–water partition coefficient (Wildman–Crippen LogP) is 2.92. The highest BCUT2D eigenvalue weighted by atomic mass is 19.4. The molecule has 0 atom stereocenters. The summed E-state index contributed by atoms with van der Waals surface area (Å²) in [7, 11) is 0. The van der Waals surface area contributed by atoms with Crippen molar-refractivity contribution in [3.8, 4) is 0 Å². The summed E-state index contributed by atoms with van der Waals surface area (Å²) in [6.45, 7) is 5.26. The maximum Gasteiger partial charge on any atom is 0.406 e. The van der Waals surface area contributed by atoms with Gasteiger partial charge in [-0.3, -0.25) is 9.59 Å². The number of nitrogens with zero attached hydrogens (tertiary/aromatic N) is 1. The van der Waals surface area contributed by atoms with Gasteiger partial charge < -0.3 is 10.0 Å². The van der Waals surface area contributed by atoms with E-state index in [1.54, 1.807) is 27.7 Å². The van der Waals surface area contributed by atoms with E-state index in [1.807, 2.05) is 0 Å². The van der Waals surface area contributed by atoms with Crippen LogP contribution in [0.15, 0.2) is 0 Å². The van der Waals surface area contributed by atoms with Crippen molar-refractivity contribution >= 4 is 11.9 Å². The van der Waals surface area contributed by atoms with E-state index in [0.717, 1.165) is 4.90 Å². The van der Waals surface area contributed by atoms with E-state index in [4.69, 9.17) is 5.11 Å². The second-order valence-corrected chi connectivity index (χ2v) is 6.19. The molecule has 0 rings (SSSR count). The number of carbonyl (C=O) groups excluding carboxylic acids is 1. The largest absolute Gasteiger partial charge is 0.481 e. The van der Waals surface area contributed by atoms with Gasteiger partial charge >= 0.3 is 12.1 Å². The average molecular weight is 297 g/mol. The minimum absolute atomic E-state index is 0.00148. The molecule has 4 nitrogen and oxygen atoms in total. The van der Waals surface area contributed by atoms with E-state index in [1.165, 1.54) is 0 Å². The van der Waals surface area contributed by atoms with E-state index in [-0.39, 0.29) is 25.3 Å². The van der Waals surface area contributed by atoms with Gasteiger partial charge in [-0.25, -0.2) is 0 Å². The molecule has 0 saturated heterocycles. The summed E-state index contributed by atoms with van der Waals surface area (Å²) >= 11 is 0. The molecule has 0 aromatic carbocycles. The molecule has 7 heteroatoms. The van der Waals surface area contributed by atoms with Crippen molar-refractivity contribution < 1.29 is 27.9 Å². The SMILES string of the molecule is CC(C)CN(CC(F)(F)F)C(=O)CC(C)(C)CC(=O)O. The van der Waals surface area contributed by atoms with Crippen LogP contribution in [0.25, 0.3) is 0 Å². The first kappa shape index (κ1) is 18.7. The van der Waals surface area contributed by atoms with E-state index >= 15 is 0 Å². The first-order chi connectivity index (χ1) is 8.82. The van der Waals surface area contributed by atoms with Crippen molar-refractivity contribution in [2.24, 2.45) is 11.3 Å². The molecule has 0 aliphatic heterocycles. The normalized spacial score (nSPS) is 12.6. The monoisotopic (exact) mass is 297 g/mol. The molecule has 0 aliphatic carbocycles. The molecular formula is C13H22F3NO3. The van der Waals surface area contributed by atoms with E-state index in [0.29, 0.717) is 0 Å². The van der Waals surface area contributed by atoms with E-state index < -0.39 is 30.0 Å². The van der Waals surface area contributed by atoms with Gasteiger partial charge in [0.05, 0.1) is 6.42 Å². The van der Waals surface area contributed by atoms with Gasteiger partial charge in [0.25, 0.3) is 0 Å². The zero-order valence-electron chi connectivity index (χ0n) is 12.3. The number of halogens is 3. The lowest BCUT2D eigenvalue weighted by molar-refractivity contribution is -0.163. The highest BCUT2D eigenvalue weighted by Crippen LogP contribution is 2.27. The maximum absolute atomic E-state index is 12.5. The number of rotatable bonds is 7. The Morgan fingerprint density at radius 2 is 1.65 bits per heavy atom. The zero-order valence-corrected chi connectivity index (χ0v) is 12.3.